The van der Waals surface area contributed by atoms with Crippen molar-refractivity contribution in [3.05, 3.63) is 53.6 Å². The molecule has 0 spiro atoms. The third-order valence-corrected chi connectivity index (χ3v) is 3.91. The summed E-state index contributed by atoms with van der Waals surface area (Å²) in [4.78, 5) is 0. The molecule has 0 radical (unpaired) electrons. The van der Waals surface area contributed by atoms with Crippen LogP contribution in [0.4, 0.5) is 5.69 Å². The van der Waals surface area contributed by atoms with Crippen LogP contribution in [-0.2, 0) is 6.42 Å². The number of benzene rings is 2. The highest BCUT2D eigenvalue weighted by atomic mass is 32.1. The Labute approximate surface area is 149 Å². The lowest BCUT2D eigenvalue weighted by Crippen LogP contribution is -2.29. The maximum atomic E-state index is 5.35. The first kappa shape index (κ1) is 18.1. The van der Waals surface area contributed by atoms with Crippen LogP contribution in [0.2, 0.25) is 0 Å². The summed E-state index contributed by atoms with van der Waals surface area (Å²) < 4.78 is 10.5. The topological polar surface area (TPSA) is 42.5 Å². The molecule has 2 aromatic rings. The molecule has 0 unspecified atom stereocenters. The number of thiocarbonyl (C=S) groups is 1. The van der Waals surface area contributed by atoms with Gasteiger partial charge in [-0.3, -0.25) is 0 Å². The van der Waals surface area contributed by atoms with Crippen LogP contribution in [0.5, 0.6) is 11.5 Å². The molecule has 2 aromatic carbocycles. The lowest BCUT2D eigenvalue weighted by atomic mass is 10.1. The van der Waals surface area contributed by atoms with Gasteiger partial charge in [0.1, 0.15) is 11.5 Å². The molecule has 0 saturated heterocycles. The van der Waals surface area contributed by atoms with E-state index in [1.807, 2.05) is 18.2 Å². The highest BCUT2D eigenvalue weighted by Gasteiger charge is 2.06. The highest BCUT2D eigenvalue weighted by Crippen LogP contribution is 2.28. The maximum absolute atomic E-state index is 5.35. The molecule has 0 heterocycles. The van der Waals surface area contributed by atoms with Gasteiger partial charge in [-0.15, -0.1) is 0 Å². The Morgan fingerprint density at radius 2 is 1.92 bits per heavy atom. The minimum atomic E-state index is 0.586. The summed E-state index contributed by atoms with van der Waals surface area (Å²) in [6.45, 7) is 2.93. The first-order chi connectivity index (χ1) is 11.6. The molecule has 0 atom stereocenters. The van der Waals surface area contributed by atoms with E-state index in [-0.39, 0.29) is 0 Å². The van der Waals surface area contributed by atoms with Gasteiger partial charge >= 0.3 is 0 Å². The van der Waals surface area contributed by atoms with Gasteiger partial charge < -0.3 is 20.1 Å². The molecule has 0 fully saturated rings. The largest absolute Gasteiger partial charge is 0.497 e. The van der Waals surface area contributed by atoms with E-state index in [1.165, 1.54) is 11.1 Å². The molecule has 0 bridgehead atoms. The third kappa shape index (κ3) is 5.42. The molecule has 0 aliphatic heterocycles. The first-order valence-corrected chi connectivity index (χ1v) is 8.35. The average Bonchev–Trinajstić information content (AvgIpc) is 2.59. The van der Waals surface area contributed by atoms with Gasteiger partial charge in [-0.05, 0) is 49.7 Å². The van der Waals surface area contributed by atoms with Crippen LogP contribution >= 0.6 is 12.2 Å². The second-order valence-corrected chi connectivity index (χ2v) is 5.95. The molecule has 0 amide bonds. The molecule has 24 heavy (non-hydrogen) atoms. The summed E-state index contributed by atoms with van der Waals surface area (Å²) in [7, 11) is 3.25. The van der Waals surface area contributed by atoms with Crippen molar-refractivity contribution in [1.29, 1.82) is 0 Å². The standard InChI is InChI=1S/C19H24N2O2S/c1-14-6-4-7-15(12-14)8-5-11-20-19(24)21-17-10-9-16(22-2)13-18(17)23-3/h4,6-7,9-10,12-13H,5,8,11H2,1-3H3,(H2,20,21,24). The zero-order valence-corrected chi connectivity index (χ0v) is 15.2. The van der Waals surface area contributed by atoms with E-state index in [2.05, 4.69) is 41.8 Å². The minimum Gasteiger partial charge on any atom is -0.497 e. The molecule has 2 N–H and O–H groups in total. The van der Waals surface area contributed by atoms with E-state index in [0.29, 0.717) is 10.9 Å². The number of hydrogen-bond acceptors (Lipinski definition) is 3. The number of methoxy groups -OCH3 is 2. The smallest absolute Gasteiger partial charge is 0.170 e. The Kier molecular flexibility index (Phi) is 6.88. The number of ether oxygens (including phenoxy) is 2. The van der Waals surface area contributed by atoms with Gasteiger partial charge in [-0.2, -0.15) is 0 Å². The van der Waals surface area contributed by atoms with Gasteiger partial charge in [0.25, 0.3) is 0 Å². The van der Waals surface area contributed by atoms with Crippen LogP contribution < -0.4 is 20.1 Å². The molecule has 0 aliphatic carbocycles. The molecular weight excluding hydrogens is 320 g/mol. The summed E-state index contributed by atoms with van der Waals surface area (Å²) in [6.07, 6.45) is 2.05. The van der Waals surface area contributed by atoms with Crippen molar-refractivity contribution < 1.29 is 9.47 Å². The Morgan fingerprint density at radius 3 is 2.62 bits per heavy atom. The van der Waals surface area contributed by atoms with Crippen molar-refractivity contribution >= 4 is 23.0 Å². The number of nitrogens with one attached hydrogen (secondary N) is 2. The minimum absolute atomic E-state index is 0.586. The Bertz CT molecular complexity index is 689. The van der Waals surface area contributed by atoms with Crippen molar-refractivity contribution in [1.82, 2.24) is 5.32 Å². The summed E-state index contributed by atoms with van der Waals surface area (Å²) in [5, 5.41) is 6.98. The van der Waals surface area contributed by atoms with Gasteiger partial charge in [0.05, 0.1) is 19.9 Å². The van der Waals surface area contributed by atoms with E-state index in [0.717, 1.165) is 30.8 Å². The van der Waals surface area contributed by atoms with E-state index < -0.39 is 0 Å². The van der Waals surface area contributed by atoms with Crippen molar-refractivity contribution in [3.8, 4) is 11.5 Å². The zero-order valence-electron chi connectivity index (χ0n) is 14.4. The molecule has 0 aromatic heterocycles. The summed E-state index contributed by atoms with van der Waals surface area (Å²) in [5.41, 5.74) is 3.46. The molecule has 0 saturated carbocycles. The van der Waals surface area contributed by atoms with Crippen LogP contribution in [0.1, 0.15) is 17.5 Å². The van der Waals surface area contributed by atoms with Crippen molar-refractivity contribution in [3.63, 3.8) is 0 Å². The Morgan fingerprint density at radius 1 is 1.08 bits per heavy atom. The fourth-order valence-electron chi connectivity index (χ4n) is 2.43. The lowest BCUT2D eigenvalue weighted by Gasteiger charge is -2.14. The van der Waals surface area contributed by atoms with Crippen LogP contribution in [0.15, 0.2) is 42.5 Å². The van der Waals surface area contributed by atoms with E-state index in [9.17, 15) is 0 Å². The van der Waals surface area contributed by atoms with Crippen LogP contribution in [0.25, 0.3) is 0 Å². The molecule has 0 aliphatic rings. The molecule has 2 rings (SSSR count). The fourth-order valence-corrected chi connectivity index (χ4v) is 2.64. The second-order valence-electron chi connectivity index (χ2n) is 5.54. The van der Waals surface area contributed by atoms with Gasteiger partial charge in [0, 0.05) is 12.6 Å². The average molecular weight is 344 g/mol. The monoisotopic (exact) mass is 344 g/mol. The fraction of sp³-hybridized carbons (Fsp3) is 0.316. The SMILES string of the molecule is COc1ccc(NC(=S)NCCCc2cccc(C)c2)c(OC)c1. The summed E-state index contributed by atoms with van der Waals surface area (Å²) in [6, 6.07) is 14.2. The molecule has 128 valence electrons. The number of hydrogen-bond donors (Lipinski definition) is 2. The molecule has 4 nitrogen and oxygen atoms in total. The van der Waals surface area contributed by atoms with Crippen molar-refractivity contribution in [2.45, 2.75) is 19.8 Å². The third-order valence-electron chi connectivity index (χ3n) is 3.67. The zero-order chi connectivity index (χ0) is 17.4. The van der Waals surface area contributed by atoms with Gasteiger partial charge in [0.15, 0.2) is 5.11 Å². The van der Waals surface area contributed by atoms with Crippen LogP contribution in [-0.4, -0.2) is 25.9 Å². The van der Waals surface area contributed by atoms with Gasteiger partial charge in [-0.1, -0.05) is 29.8 Å². The number of aryl methyl sites for hydroxylation is 2. The van der Waals surface area contributed by atoms with Crippen LogP contribution in [0, 0.1) is 6.92 Å². The number of rotatable bonds is 7. The normalized spacial score (nSPS) is 10.1. The van der Waals surface area contributed by atoms with E-state index in [1.54, 1.807) is 14.2 Å². The quantitative estimate of drug-likeness (QED) is 0.588. The predicted octanol–water partition coefficient (Wildman–Crippen LogP) is 3.93. The van der Waals surface area contributed by atoms with E-state index >= 15 is 0 Å². The molecular formula is C19H24N2O2S. The van der Waals surface area contributed by atoms with Crippen LogP contribution in [0.3, 0.4) is 0 Å². The summed E-state index contributed by atoms with van der Waals surface area (Å²) >= 11 is 5.35. The first-order valence-electron chi connectivity index (χ1n) is 7.95. The Hall–Kier alpha value is -2.27. The maximum Gasteiger partial charge on any atom is 0.170 e. The second kappa shape index (κ2) is 9.13. The highest BCUT2D eigenvalue weighted by molar-refractivity contribution is 7.80. The summed E-state index contributed by atoms with van der Waals surface area (Å²) in [5.74, 6) is 1.44. The van der Waals surface area contributed by atoms with Gasteiger partial charge in [0.2, 0.25) is 0 Å². The molecule has 5 heteroatoms. The van der Waals surface area contributed by atoms with E-state index in [4.69, 9.17) is 21.7 Å². The number of anilines is 1. The Balaban J connectivity index is 1.79. The van der Waals surface area contributed by atoms with Crippen molar-refractivity contribution in [2.75, 3.05) is 26.1 Å². The van der Waals surface area contributed by atoms with Crippen molar-refractivity contribution in [2.24, 2.45) is 0 Å². The predicted molar refractivity (Wildman–Crippen MR) is 103 cm³/mol. The lowest BCUT2D eigenvalue weighted by molar-refractivity contribution is 0.395. The van der Waals surface area contributed by atoms with Gasteiger partial charge in [-0.25, -0.2) is 0 Å².